The normalized spacial score (nSPS) is 33.3. The molecule has 3 atom stereocenters. The van der Waals surface area contributed by atoms with Gasteiger partial charge in [0, 0.05) is 43.6 Å². The molecule has 2 bridgehead atoms. The van der Waals surface area contributed by atoms with Crippen LogP contribution in [0.1, 0.15) is 18.1 Å². The summed E-state index contributed by atoms with van der Waals surface area (Å²) in [6.45, 7) is 6.67. The highest BCUT2D eigenvalue weighted by Crippen LogP contribution is 2.45. The summed E-state index contributed by atoms with van der Waals surface area (Å²) in [5, 5.41) is 14.9. The Morgan fingerprint density at radius 1 is 1.00 bits per heavy atom. The minimum atomic E-state index is -0.319. The Morgan fingerprint density at radius 3 is 2.38 bits per heavy atom. The van der Waals surface area contributed by atoms with Crippen LogP contribution in [0.4, 0.5) is 0 Å². The molecule has 2 aromatic rings. The molecule has 4 rings (SSSR count). The summed E-state index contributed by atoms with van der Waals surface area (Å²) in [5.41, 5.74) is 2.23. The Balaban J connectivity index is 1.69. The zero-order chi connectivity index (χ0) is 16.6. The predicted octanol–water partition coefficient (Wildman–Crippen LogP) is 2.41. The first kappa shape index (κ1) is 15.8. The van der Waals surface area contributed by atoms with Gasteiger partial charge >= 0.3 is 0 Å². The van der Waals surface area contributed by atoms with Gasteiger partial charge in [-0.3, -0.25) is 4.90 Å². The second-order valence-corrected chi connectivity index (χ2v) is 7.81. The number of benzene rings is 2. The van der Waals surface area contributed by atoms with Crippen molar-refractivity contribution in [3.05, 3.63) is 71.8 Å². The fourth-order valence-electron chi connectivity index (χ4n) is 4.76. The molecule has 2 aliphatic rings. The summed E-state index contributed by atoms with van der Waals surface area (Å²) in [6.07, 6.45) is -0.319. The van der Waals surface area contributed by atoms with Crippen molar-refractivity contribution in [2.45, 2.75) is 25.0 Å². The minimum Gasteiger partial charge on any atom is -0.391 e. The smallest absolute Gasteiger partial charge is 0.0739 e. The lowest BCUT2D eigenvalue weighted by Crippen LogP contribution is -2.72. The summed E-state index contributed by atoms with van der Waals surface area (Å²) >= 11 is 0. The van der Waals surface area contributed by atoms with Crippen LogP contribution in [0.25, 0.3) is 0 Å². The van der Waals surface area contributed by atoms with Crippen molar-refractivity contribution < 1.29 is 5.11 Å². The van der Waals surface area contributed by atoms with Crippen molar-refractivity contribution >= 4 is 0 Å². The number of rotatable bonds is 3. The molecule has 24 heavy (non-hydrogen) atoms. The lowest BCUT2D eigenvalue weighted by Gasteiger charge is -2.58. The first-order valence-corrected chi connectivity index (χ1v) is 8.83. The van der Waals surface area contributed by atoms with Crippen LogP contribution in [0.2, 0.25) is 0 Å². The van der Waals surface area contributed by atoms with E-state index in [1.165, 1.54) is 11.1 Å². The van der Waals surface area contributed by atoms with E-state index in [4.69, 9.17) is 0 Å². The Hall–Kier alpha value is -1.68. The molecule has 3 unspecified atom stereocenters. The largest absolute Gasteiger partial charge is 0.391 e. The van der Waals surface area contributed by atoms with Gasteiger partial charge in [0.25, 0.3) is 0 Å². The zero-order valence-corrected chi connectivity index (χ0v) is 14.3. The van der Waals surface area contributed by atoms with Gasteiger partial charge in [0.05, 0.1) is 6.10 Å². The molecule has 2 saturated heterocycles. The number of hydrogen-bond acceptors (Lipinski definition) is 3. The van der Waals surface area contributed by atoms with Gasteiger partial charge in [-0.15, -0.1) is 0 Å². The molecule has 2 aromatic carbocycles. The molecule has 0 aromatic heterocycles. The van der Waals surface area contributed by atoms with E-state index in [-0.39, 0.29) is 16.9 Å². The number of nitrogens with one attached hydrogen (secondary N) is 1. The SMILES string of the molecule is CC12CNCC(c3ccccc3)(CN(Cc3ccccc3)C1)C2O. The van der Waals surface area contributed by atoms with E-state index < -0.39 is 0 Å². The van der Waals surface area contributed by atoms with E-state index >= 15 is 0 Å². The van der Waals surface area contributed by atoms with Crippen LogP contribution < -0.4 is 5.32 Å². The zero-order valence-electron chi connectivity index (χ0n) is 14.3. The van der Waals surface area contributed by atoms with E-state index in [1.807, 2.05) is 6.07 Å². The summed E-state index contributed by atoms with van der Waals surface area (Å²) in [4.78, 5) is 2.52. The van der Waals surface area contributed by atoms with Gasteiger partial charge in [-0.1, -0.05) is 67.6 Å². The second-order valence-electron chi connectivity index (χ2n) is 7.81. The maximum Gasteiger partial charge on any atom is 0.0739 e. The minimum absolute atomic E-state index is 0.124. The van der Waals surface area contributed by atoms with Gasteiger partial charge in [0.1, 0.15) is 0 Å². The van der Waals surface area contributed by atoms with E-state index in [0.29, 0.717) is 0 Å². The summed E-state index contributed by atoms with van der Waals surface area (Å²) in [6, 6.07) is 21.2. The molecule has 2 heterocycles. The van der Waals surface area contributed by atoms with Crippen molar-refractivity contribution in [3.8, 4) is 0 Å². The highest BCUT2D eigenvalue weighted by atomic mass is 16.3. The highest BCUT2D eigenvalue weighted by Gasteiger charge is 2.56. The van der Waals surface area contributed by atoms with E-state index in [9.17, 15) is 5.11 Å². The molecule has 3 heteroatoms. The van der Waals surface area contributed by atoms with E-state index in [0.717, 1.165) is 32.7 Å². The Kier molecular flexibility index (Phi) is 3.95. The van der Waals surface area contributed by atoms with Crippen molar-refractivity contribution in [1.29, 1.82) is 0 Å². The number of nitrogens with zero attached hydrogens (tertiary/aromatic N) is 1. The average Bonchev–Trinajstić information content (AvgIpc) is 2.59. The van der Waals surface area contributed by atoms with Crippen LogP contribution in [0, 0.1) is 5.41 Å². The first-order chi connectivity index (χ1) is 11.6. The number of aliphatic hydroxyl groups is 1. The molecule has 0 spiro atoms. The number of aliphatic hydroxyl groups excluding tert-OH is 1. The molecular weight excluding hydrogens is 296 g/mol. The monoisotopic (exact) mass is 322 g/mol. The van der Waals surface area contributed by atoms with E-state index in [1.54, 1.807) is 0 Å². The number of fused-ring (bicyclic) bond motifs is 2. The topological polar surface area (TPSA) is 35.5 Å². The number of piperidine rings is 2. The fourth-order valence-corrected chi connectivity index (χ4v) is 4.76. The van der Waals surface area contributed by atoms with Crippen LogP contribution >= 0.6 is 0 Å². The van der Waals surface area contributed by atoms with E-state index in [2.05, 4.69) is 71.7 Å². The highest BCUT2D eigenvalue weighted by molar-refractivity contribution is 5.33. The van der Waals surface area contributed by atoms with Gasteiger partial charge in [-0.2, -0.15) is 0 Å². The third-order valence-electron chi connectivity index (χ3n) is 5.84. The third-order valence-corrected chi connectivity index (χ3v) is 5.84. The number of likely N-dealkylation sites (tertiary alicyclic amines) is 1. The standard InChI is InChI=1S/C21H26N2O/c1-20-13-22-14-21(19(20)24,18-10-6-3-7-11-18)16-23(15-20)12-17-8-4-2-5-9-17/h2-11,19,22,24H,12-16H2,1H3. The first-order valence-electron chi connectivity index (χ1n) is 8.83. The molecule has 2 N–H and O–H groups in total. The molecule has 3 nitrogen and oxygen atoms in total. The van der Waals surface area contributed by atoms with Crippen molar-refractivity contribution in [1.82, 2.24) is 10.2 Å². The molecule has 2 aliphatic heterocycles. The molecule has 2 fully saturated rings. The van der Waals surface area contributed by atoms with Crippen LogP contribution in [0.5, 0.6) is 0 Å². The Labute approximate surface area is 144 Å². The maximum atomic E-state index is 11.3. The van der Waals surface area contributed by atoms with Crippen molar-refractivity contribution in [2.75, 3.05) is 26.2 Å². The molecule has 0 radical (unpaired) electrons. The molecule has 126 valence electrons. The Morgan fingerprint density at radius 2 is 1.67 bits per heavy atom. The average molecular weight is 322 g/mol. The molecule has 0 saturated carbocycles. The van der Waals surface area contributed by atoms with Crippen LogP contribution in [-0.4, -0.2) is 42.3 Å². The predicted molar refractivity (Wildman–Crippen MR) is 96.8 cm³/mol. The van der Waals surface area contributed by atoms with Crippen LogP contribution in [0.15, 0.2) is 60.7 Å². The van der Waals surface area contributed by atoms with Gasteiger partial charge in [0.15, 0.2) is 0 Å². The molecular formula is C21H26N2O. The third kappa shape index (κ3) is 2.57. The summed E-state index contributed by atoms with van der Waals surface area (Å²) in [7, 11) is 0. The van der Waals surface area contributed by atoms with Gasteiger partial charge < -0.3 is 10.4 Å². The fraction of sp³-hybridized carbons (Fsp3) is 0.429. The van der Waals surface area contributed by atoms with Crippen LogP contribution in [0.3, 0.4) is 0 Å². The lowest BCUT2D eigenvalue weighted by atomic mass is 9.60. The summed E-state index contributed by atoms with van der Waals surface area (Å²) < 4.78 is 0. The van der Waals surface area contributed by atoms with Gasteiger partial charge in [0.2, 0.25) is 0 Å². The number of hydrogen-bond donors (Lipinski definition) is 2. The molecule has 0 aliphatic carbocycles. The van der Waals surface area contributed by atoms with Crippen molar-refractivity contribution in [2.24, 2.45) is 5.41 Å². The van der Waals surface area contributed by atoms with Gasteiger partial charge in [-0.05, 0) is 11.1 Å². The van der Waals surface area contributed by atoms with Crippen LogP contribution in [-0.2, 0) is 12.0 Å². The maximum absolute atomic E-state index is 11.3. The quantitative estimate of drug-likeness (QED) is 0.911. The summed E-state index contributed by atoms with van der Waals surface area (Å²) in [5.74, 6) is 0. The second kappa shape index (κ2) is 5.99. The Bertz CT molecular complexity index is 689. The van der Waals surface area contributed by atoms with Gasteiger partial charge in [-0.25, -0.2) is 0 Å². The lowest BCUT2D eigenvalue weighted by molar-refractivity contribution is -0.115. The van der Waals surface area contributed by atoms with Crippen molar-refractivity contribution in [3.63, 3.8) is 0 Å². The molecule has 0 amide bonds.